The van der Waals surface area contributed by atoms with E-state index in [1.165, 1.54) is 4.90 Å². The average molecular weight is 285 g/mol. The van der Waals surface area contributed by atoms with Gasteiger partial charge in [-0.25, -0.2) is 4.98 Å². The number of carbonyl (C=O) groups is 1. The molecule has 1 heterocycles. The van der Waals surface area contributed by atoms with Crippen molar-refractivity contribution in [2.45, 2.75) is 13.5 Å². The molecule has 21 heavy (non-hydrogen) atoms. The van der Waals surface area contributed by atoms with Crippen LogP contribution in [-0.2, 0) is 11.3 Å². The summed E-state index contributed by atoms with van der Waals surface area (Å²) in [7, 11) is 1.65. The number of hydrogen-bond acceptors (Lipinski definition) is 5. The first kappa shape index (κ1) is 14.5. The maximum absolute atomic E-state index is 12.0. The van der Waals surface area contributed by atoms with Crippen LogP contribution in [0.25, 0.3) is 0 Å². The molecule has 0 aliphatic heterocycles. The van der Waals surface area contributed by atoms with Crippen LogP contribution in [-0.4, -0.2) is 39.6 Å². The third kappa shape index (κ3) is 3.79. The standard InChI is InChI=1S/C14H15N5O2/c1-10-16-13(18-17-10)8-19(2)14(20)9-21-12-6-4-3-5-11(12)7-15/h3-6H,8-9H2,1-2H3,(H,16,17,18). The van der Waals surface area contributed by atoms with Crippen molar-refractivity contribution in [3.05, 3.63) is 41.5 Å². The van der Waals surface area contributed by atoms with Gasteiger partial charge in [0.05, 0.1) is 12.1 Å². The number of H-pyrrole nitrogens is 1. The van der Waals surface area contributed by atoms with Gasteiger partial charge >= 0.3 is 0 Å². The first-order chi connectivity index (χ1) is 10.1. The maximum atomic E-state index is 12.0. The number of nitrogens with one attached hydrogen (secondary N) is 1. The number of nitriles is 1. The smallest absolute Gasteiger partial charge is 0.260 e. The lowest BCUT2D eigenvalue weighted by Gasteiger charge is -2.15. The molecule has 0 unspecified atom stereocenters. The molecule has 0 spiro atoms. The second-order valence-electron chi connectivity index (χ2n) is 4.48. The van der Waals surface area contributed by atoms with Gasteiger partial charge in [0.25, 0.3) is 5.91 Å². The number of carbonyl (C=O) groups excluding carboxylic acids is 1. The molecule has 0 fully saturated rings. The van der Waals surface area contributed by atoms with Crippen molar-refractivity contribution >= 4 is 5.91 Å². The quantitative estimate of drug-likeness (QED) is 0.885. The molecule has 1 aromatic carbocycles. The second kappa shape index (κ2) is 6.52. The van der Waals surface area contributed by atoms with Gasteiger partial charge in [0.1, 0.15) is 17.6 Å². The number of aryl methyl sites for hydroxylation is 1. The number of rotatable bonds is 5. The van der Waals surface area contributed by atoms with Crippen LogP contribution in [0.15, 0.2) is 24.3 Å². The number of amides is 1. The number of likely N-dealkylation sites (N-methyl/N-ethyl adjacent to an activating group) is 1. The molecule has 0 saturated heterocycles. The van der Waals surface area contributed by atoms with Crippen LogP contribution in [0.5, 0.6) is 5.75 Å². The summed E-state index contributed by atoms with van der Waals surface area (Å²) in [4.78, 5) is 17.6. The van der Waals surface area contributed by atoms with Gasteiger partial charge in [-0.1, -0.05) is 12.1 Å². The van der Waals surface area contributed by atoms with E-state index in [9.17, 15) is 4.79 Å². The zero-order valence-corrected chi connectivity index (χ0v) is 11.8. The first-order valence-corrected chi connectivity index (χ1v) is 6.34. The lowest BCUT2D eigenvalue weighted by Crippen LogP contribution is -2.31. The number of aromatic amines is 1. The summed E-state index contributed by atoms with van der Waals surface area (Å²) in [6, 6.07) is 8.80. The highest BCUT2D eigenvalue weighted by Gasteiger charge is 2.13. The summed E-state index contributed by atoms with van der Waals surface area (Å²) in [6.45, 7) is 1.95. The number of aromatic nitrogens is 3. The molecule has 0 saturated carbocycles. The first-order valence-electron chi connectivity index (χ1n) is 6.34. The Morgan fingerprint density at radius 1 is 1.48 bits per heavy atom. The maximum Gasteiger partial charge on any atom is 0.260 e. The number of ether oxygens (including phenoxy) is 1. The van der Waals surface area contributed by atoms with E-state index in [1.54, 1.807) is 38.2 Å². The highest BCUT2D eigenvalue weighted by molar-refractivity contribution is 5.77. The Morgan fingerprint density at radius 2 is 2.24 bits per heavy atom. The van der Waals surface area contributed by atoms with E-state index < -0.39 is 0 Å². The molecule has 0 aliphatic rings. The van der Waals surface area contributed by atoms with Crippen LogP contribution in [0, 0.1) is 18.3 Å². The zero-order valence-electron chi connectivity index (χ0n) is 11.8. The fourth-order valence-corrected chi connectivity index (χ4v) is 1.69. The SMILES string of the molecule is Cc1nc(CN(C)C(=O)COc2ccccc2C#N)n[nH]1. The van der Waals surface area contributed by atoms with Crippen LogP contribution in [0.2, 0.25) is 0 Å². The zero-order chi connectivity index (χ0) is 15.2. The molecule has 1 aromatic heterocycles. The van der Waals surface area contributed by atoms with Gasteiger partial charge in [0.2, 0.25) is 0 Å². The predicted molar refractivity (Wildman–Crippen MR) is 74.2 cm³/mol. The van der Waals surface area contributed by atoms with Gasteiger partial charge in [-0.05, 0) is 19.1 Å². The molecule has 7 heteroatoms. The van der Waals surface area contributed by atoms with Gasteiger partial charge in [-0.2, -0.15) is 10.4 Å². The number of benzene rings is 1. The van der Waals surface area contributed by atoms with E-state index in [2.05, 4.69) is 15.2 Å². The summed E-state index contributed by atoms with van der Waals surface area (Å²) in [6.07, 6.45) is 0. The Labute approximate surface area is 122 Å². The minimum atomic E-state index is -0.217. The molecule has 0 bridgehead atoms. The minimum absolute atomic E-state index is 0.140. The third-order valence-electron chi connectivity index (χ3n) is 2.81. The molecule has 1 amide bonds. The van der Waals surface area contributed by atoms with E-state index in [-0.39, 0.29) is 12.5 Å². The van der Waals surface area contributed by atoms with Gasteiger partial charge in [0, 0.05) is 7.05 Å². The molecule has 108 valence electrons. The van der Waals surface area contributed by atoms with Crippen molar-refractivity contribution in [1.29, 1.82) is 5.26 Å². The number of nitrogens with zero attached hydrogens (tertiary/aromatic N) is 4. The van der Waals surface area contributed by atoms with Gasteiger partial charge in [-0.3, -0.25) is 9.89 Å². The Hall–Kier alpha value is -2.88. The topological polar surface area (TPSA) is 94.9 Å². The Balaban J connectivity index is 1.91. The average Bonchev–Trinajstić information content (AvgIpc) is 2.90. The van der Waals surface area contributed by atoms with Crippen LogP contribution in [0.4, 0.5) is 0 Å². The van der Waals surface area contributed by atoms with E-state index >= 15 is 0 Å². The molecular weight excluding hydrogens is 270 g/mol. The fourth-order valence-electron chi connectivity index (χ4n) is 1.69. The van der Waals surface area contributed by atoms with Crippen molar-refractivity contribution in [2.75, 3.05) is 13.7 Å². The summed E-state index contributed by atoms with van der Waals surface area (Å²) in [5.41, 5.74) is 0.401. The third-order valence-corrected chi connectivity index (χ3v) is 2.81. The van der Waals surface area contributed by atoms with E-state index in [1.807, 2.05) is 6.07 Å². The Bertz CT molecular complexity index is 674. The van der Waals surface area contributed by atoms with E-state index in [4.69, 9.17) is 10.00 Å². The molecule has 0 aliphatic carbocycles. The van der Waals surface area contributed by atoms with Crippen molar-refractivity contribution in [3.63, 3.8) is 0 Å². The summed E-state index contributed by atoms with van der Waals surface area (Å²) in [5, 5.41) is 15.6. The van der Waals surface area contributed by atoms with E-state index in [0.717, 1.165) is 0 Å². The van der Waals surface area contributed by atoms with Crippen molar-refractivity contribution < 1.29 is 9.53 Å². The minimum Gasteiger partial charge on any atom is -0.482 e. The van der Waals surface area contributed by atoms with Crippen LogP contribution in [0.3, 0.4) is 0 Å². The second-order valence-corrected chi connectivity index (χ2v) is 4.48. The van der Waals surface area contributed by atoms with Crippen LogP contribution >= 0.6 is 0 Å². The van der Waals surface area contributed by atoms with Crippen LogP contribution in [0.1, 0.15) is 17.2 Å². The predicted octanol–water partition coefficient (Wildman–Crippen LogP) is 1.02. The van der Waals surface area contributed by atoms with Gasteiger partial charge in [0.15, 0.2) is 12.4 Å². The monoisotopic (exact) mass is 285 g/mol. The van der Waals surface area contributed by atoms with E-state index in [0.29, 0.717) is 29.5 Å². The molecule has 2 rings (SSSR count). The number of para-hydroxylation sites is 1. The molecule has 7 nitrogen and oxygen atoms in total. The molecule has 1 N–H and O–H groups in total. The lowest BCUT2D eigenvalue weighted by atomic mass is 10.2. The summed E-state index contributed by atoms with van der Waals surface area (Å²) < 4.78 is 5.39. The molecular formula is C14H15N5O2. The van der Waals surface area contributed by atoms with Crippen LogP contribution < -0.4 is 4.74 Å². The molecule has 2 aromatic rings. The summed E-state index contributed by atoms with van der Waals surface area (Å²) >= 11 is 0. The van der Waals surface area contributed by atoms with Gasteiger partial charge in [-0.15, -0.1) is 0 Å². The highest BCUT2D eigenvalue weighted by atomic mass is 16.5. The van der Waals surface area contributed by atoms with Gasteiger partial charge < -0.3 is 9.64 Å². The fraction of sp³-hybridized carbons (Fsp3) is 0.286. The Kier molecular flexibility index (Phi) is 4.51. The largest absolute Gasteiger partial charge is 0.482 e. The summed E-state index contributed by atoms with van der Waals surface area (Å²) in [5.74, 6) is 1.42. The highest BCUT2D eigenvalue weighted by Crippen LogP contribution is 2.16. The normalized spacial score (nSPS) is 9.95. The lowest BCUT2D eigenvalue weighted by molar-refractivity contribution is -0.132. The molecule has 0 atom stereocenters. The number of hydrogen-bond donors (Lipinski definition) is 1. The van der Waals surface area contributed by atoms with Crippen molar-refractivity contribution in [2.24, 2.45) is 0 Å². The van der Waals surface area contributed by atoms with Crippen molar-refractivity contribution in [1.82, 2.24) is 20.1 Å². The van der Waals surface area contributed by atoms with Crippen molar-refractivity contribution in [3.8, 4) is 11.8 Å². The molecule has 0 radical (unpaired) electrons. The Morgan fingerprint density at radius 3 is 2.90 bits per heavy atom.